The van der Waals surface area contributed by atoms with E-state index >= 15 is 0 Å². The fourth-order valence-electron chi connectivity index (χ4n) is 4.90. The van der Waals surface area contributed by atoms with Crippen LogP contribution in [0.4, 0.5) is 0 Å². The third-order valence-corrected chi connectivity index (χ3v) is 6.90. The summed E-state index contributed by atoms with van der Waals surface area (Å²) < 4.78 is 0. The van der Waals surface area contributed by atoms with Crippen molar-refractivity contribution in [2.75, 3.05) is 0 Å². The lowest BCUT2D eigenvalue weighted by atomic mass is 9.92. The van der Waals surface area contributed by atoms with E-state index in [0.717, 1.165) is 44.5 Å². The molecule has 0 aliphatic heterocycles. The predicted molar refractivity (Wildman–Crippen MR) is 133 cm³/mol. The fraction of sp³-hybridized carbons (Fsp3) is 0.200. The first-order chi connectivity index (χ1) is 16.5. The summed E-state index contributed by atoms with van der Waals surface area (Å²) in [6.45, 7) is 0. The number of hydrogen-bond donors (Lipinski definition) is 4. The number of phenols is 4. The second-order valence-corrected chi connectivity index (χ2v) is 9.05. The molecule has 0 atom stereocenters. The molecule has 0 aromatic heterocycles. The molecule has 0 radical (unpaired) electrons. The van der Waals surface area contributed by atoms with Gasteiger partial charge in [0.2, 0.25) is 0 Å². The average molecular weight is 453 g/mol. The molecule has 4 N–H and O–H groups in total. The van der Waals surface area contributed by atoms with E-state index in [0.29, 0.717) is 38.5 Å². The van der Waals surface area contributed by atoms with Gasteiger partial charge < -0.3 is 20.4 Å². The molecule has 4 aromatic rings. The third-order valence-electron chi connectivity index (χ3n) is 6.90. The molecule has 0 saturated carbocycles. The van der Waals surface area contributed by atoms with Crippen molar-refractivity contribution in [2.45, 2.75) is 38.5 Å². The number of benzene rings is 4. The first kappa shape index (κ1) is 21.9. The molecule has 4 nitrogen and oxygen atoms in total. The van der Waals surface area contributed by atoms with Gasteiger partial charge in [-0.25, -0.2) is 0 Å². The van der Waals surface area contributed by atoms with Gasteiger partial charge in [-0.2, -0.15) is 0 Å². The van der Waals surface area contributed by atoms with E-state index < -0.39 is 0 Å². The van der Waals surface area contributed by atoms with Gasteiger partial charge in [0.15, 0.2) is 0 Å². The quantitative estimate of drug-likeness (QED) is 0.281. The van der Waals surface area contributed by atoms with Crippen molar-refractivity contribution in [3.63, 3.8) is 0 Å². The summed E-state index contributed by atoms with van der Waals surface area (Å²) in [6, 6.07) is 22.8. The number of aromatic hydroxyl groups is 4. The minimum atomic E-state index is 0.240. The Balaban J connectivity index is 1.61. The Morgan fingerprint density at radius 3 is 0.765 bits per heavy atom. The third kappa shape index (κ3) is 4.19. The van der Waals surface area contributed by atoms with Crippen molar-refractivity contribution in [2.24, 2.45) is 0 Å². The number of hydrogen-bond acceptors (Lipinski definition) is 4. The maximum atomic E-state index is 11.0. The summed E-state index contributed by atoms with van der Waals surface area (Å²) in [7, 11) is 0. The Kier molecular flexibility index (Phi) is 5.89. The maximum absolute atomic E-state index is 11.0. The second kappa shape index (κ2) is 9.14. The minimum absolute atomic E-state index is 0.240. The van der Waals surface area contributed by atoms with Gasteiger partial charge in [0.05, 0.1) is 0 Å². The normalized spacial score (nSPS) is 13.6. The zero-order valence-corrected chi connectivity index (χ0v) is 19.0. The standard InChI is InChI=1S/C30H28O4/c31-27-19-5-1-9-23(27)17-24-10-2-7-21(28(24)32)15-16-22-8-4-12-26(30(22)34)18-25-11-3-6-20(14-13-19)29(25)33/h1-12,31-34H,13-18H2. The zero-order valence-electron chi connectivity index (χ0n) is 19.0. The highest BCUT2D eigenvalue weighted by Crippen LogP contribution is 2.34. The lowest BCUT2D eigenvalue weighted by Gasteiger charge is -2.16. The molecule has 0 amide bonds. The van der Waals surface area contributed by atoms with Gasteiger partial charge in [-0.05, 0) is 70.2 Å². The number of phenolic OH excluding ortho intramolecular Hbond substituents is 4. The van der Waals surface area contributed by atoms with Crippen molar-refractivity contribution in [3.05, 3.63) is 117 Å². The summed E-state index contributed by atoms with van der Waals surface area (Å²) in [4.78, 5) is 0. The maximum Gasteiger partial charge on any atom is 0.122 e. The van der Waals surface area contributed by atoms with Gasteiger partial charge in [-0.1, -0.05) is 72.8 Å². The highest BCUT2D eigenvalue weighted by molar-refractivity contribution is 5.51. The van der Waals surface area contributed by atoms with Crippen LogP contribution < -0.4 is 0 Å². The molecule has 0 unspecified atom stereocenters. The molecule has 0 spiro atoms. The summed E-state index contributed by atoms with van der Waals surface area (Å²) in [5.41, 5.74) is 6.27. The van der Waals surface area contributed by atoms with Crippen molar-refractivity contribution in [1.82, 2.24) is 0 Å². The van der Waals surface area contributed by atoms with Crippen LogP contribution in [0.3, 0.4) is 0 Å². The molecule has 1 aliphatic carbocycles. The van der Waals surface area contributed by atoms with Crippen LogP contribution in [0, 0.1) is 0 Å². The van der Waals surface area contributed by atoms with E-state index in [4.69, 9.17) is 0 Å². The van der Waals surface area contributed by atoms with E-state index in [1.807, 2.05) is 72.8 Å². The predicted octanol–water partition coefficient (Wildman–Crippen LogP) is 5.57. The van der Waals surface area contributed by atoms with Crippen molar-refractivity contribution >= 4 is 0 Å². The Hall–Kier alpha value is -3.92. The summed E-state index contributed by atoms with van der Waals surface area (Å²) >= 11 is 0. The van der Waals surface area contributed by atoms with Gasteiger partial charge in [0.1, 0.15) is 23.0 Å². The molecule has 0 saturated heterocycles. The van der Waals surface area contributed by atoms with Crippen LogP contribution >= 0.6 is 0 Å². The van der Waals surface area contributed by atoms with E-state index in [-0.39, 0.29) is 23.0 Å². The first-order valence-corrected chi connectivity index (χ1v) is 11.7. The van der Waals surface area contributed by atoms with Crippen LogP contribution in [0.15, 0.2) is 72.8 Å². The van der Waals surface area contributed by atoms with Gasteiger partial charge in [-0.15, -0.1) is 0 Å². The topological polar surface area (TPSA) is 80.9 Å². The first-order valence-electron chi connectivity index (χ1n) is 11.7. The van der Waals surface area contributed by atoms with Gasteiger partial charge in [-0.3, -0.25) is 0 Å². The Morgan fingerprint density at radius 2 is 0.529 bits per heavy atom. The molecule has 34 heavy (non-hydrogen) atoms. The van der Waals surface area contributed by atoms with Crippen LogP contribution in [0.1, 0.15) is 44.5 Å². The number of fused-ring (bicyclic) bond motifs is 8. The second-order valence-electron chi connectivity index (χ2n) is 9.05. The highest BCUT2D eigenvalue weighted by atomic mass is 16.3. The fourth-order valence-corrected chi connectivity index (χ4v) is 4.90. The van der Waals surface area contributed by atoms with Crippen LogP contribution in [0.2, 0.25) is 0 Å². The van der Waals surface area contributed by atoms with Gasteiger partial charge in [0.25, 0.3) is 0 Å². The molecule has 1 aliphatic rings. The monoisotopic (exact) mass is 452 g/mol. The zero-order chi connectivity index (χ0) is 23.7. The summed E-state index contributed by atoms with van der Waals surface area (Å²) in [6.07, 6.45) is 3.13. The molecule has 0 heterocycles. The van der Waals surface area contributed by atoms with Crippen molar-refractivity contribution in [3.8, 4) is 23.0 Å². The Morgan fingerprint density at radius 1 is 0.324 bits per heavy atom. The van der Waals surface area contributed by atoms with Crippen LogP contribution in [-0.2, 0) is 38.5 Å². The summed E-state index contributed by atoms with van der Waals surface area (Å²) in [5, 5.41) is 43.8. The van der Waals surface area contributed by atoms with E-state index in [1.54, 1.807) is 0 Å². The lowest BCUT2D eigenvalue weighted by molar-refractivity contribution is 0.449. The molecule has 4 aromatic carbocycles. The molecule has 8 bridgehead atoms. The largest absolute Gasteiger partial charge is 0.507 e. The molecule has 4 heteroatoms. The van der Waals surface area contributed by atoms with Crippen LogP contribution in [-0.4, -0.2) is 20.4 Å². The number of aryl methyl sites for hydroxylation is 4. The van der Waals surface area contributed by atoms with E-state index in [1.165, 1.54) is 0 Å². The molecule has 172 valence electrons. The Bertz CT molecular complexity index is 1150. The van der Waals surface area contributed by atoms with Crippen molar-refractivity contribution in [1.29, 1.82) is 0 Å². The molecular weight excluding hydrogens is 424 g/mol. The Labute approximate surface area is 199 Å². The van der Waals surface area contributed by atoms with Crippen LogP contribution in [0.25, 0.3) is 0 Å². The van der Waals surface area contributed by atoms with Crippen LogP contribution in [0.5, 0.6) is 23.0 Å². The molecule has 5 rings (SSSR count). The SMILES string of the molecule is Oc1c2cccc1Cc1cccc(c1O)CCc1cccc(c1O)Cc1cccc(c1O)CC2. The smallest absolute Gasteiger partial charge is 0.122 e. The van der Waals surface area contributed by atoms with E-state index in [2.05, 4.69) is 0 Å². The molecular formula is C30H28O4. The van der Waals surface area contributed by atoms with Gasteiger partial charge >= 0.3 is 0 Å². The average Bonchev–Trinajstić information content (AvgIpc) is 2.83. The summed E-state index contributed by atoms with van der Waals surface area (Å²) in [5.74, 6) is 0.959. The lowest BCUT2D eigenvalue weighted by Crippen LogP contribution is -2.01. The van der Waals surface area contributed by atoms with E-state index in [9.17, 15) is 20.4 Å². The van der Waals surface area contributed by atoms with Crippen molar-refractivity contribution < 1.29 is 20.4 Å². The number of para-hydroxylation sites is 4. The van der Waals surface area contributed by atoms with Gasteiger partial charge in [0, 0.05) is 12.8 Å². The highest BCUT2D eigenvalue weighted by Gasteiger charge is 2.16. The number of rotatable bonds is 0. The minimum Gasteiger partial charge on any atom is -0.507 e. The molecule has 0 fully saturated rings.